The topological polar surface area (TPSA) is 73.1 Å². The molecule has 0 aliphatic carbocycles. The van der Waals surface area contributed by atoms with Gasteiger partial charge < -0.3 is 14.5 Å². The number of anilines is 2. The number of nitrogens with one attached hydrogen (secondary N) is 1. The van der Waals surface area contributed by atoms with Crippen LogP contribution in [0, 0.1) is 0 Å². The lowest BCUT2D eigenvalue weighted by atomic mass is 10.2. The molecule has 30 heavy (non-hydrogen) atoms. The van der Waals surface area contributed by atoms with E-state index < -0.39 is 11.7 Å². The Balaban J connectivity index is 1.46. The monoisotopic (exact) mass is 432 g/mol. The number of rotatable bonds is 5. The Kier molecular flexibility index (Phi) is 5.28. The van der Waals surface area contributed by atoms with Crippen molar-refractivity contribution in [1.29, 1.82) is 0 Å². The highest BCUT2D eigenvalue weighted by atomic mass is 35.5. The number of halogens is 4. The number of aromatic nitrogens is 3. The van der Waals surface area contributed by atoms with Crippen LogP contribution in [-0.4, -0.2) is 15.2 Å². The molecule has 152 valence electrons. The van der Waals surface area contributed by atoms with Gasteiger partial charge in [0.25, 0.3) is 0 Å². The zero-order chi connectivity index (χ0) is 21.1. The van der Waals surface area contributed by atoms with E-state index in [0.717, 1.165) is 12.1 Å². The fourth-order valence-electron chi connectivity index (χ4n) is 2.54. The average Bonchev–Trinajstić information content (AvgIpc) is 3.17. The van der Waals surface area contributed by atoms with Crippen LogP contribution in [0.3, 0.4) is 0 Å². The number of benzene rings is 2. The maximum Gasteiger partial charge on any atom is 0.416 e. The maximum absolute atomic E-state index is 12.8. The quantitative estimate of drug-likeness (QED) is 0.371. The second-order valence-corrected chi connectivity index (χ2v) is 6.44. The van der Waals surface area contributed by atoms with Gasteiger partial charge in [-0.2, -0.15) is 13.2 Å². The van der Waals surface area contributed by atoms with Gasteiger partial charge in [-0.25, -0.2) is 4.98 Å². The Labute approximate surface area is 173 Å². The molecule has 4 rings (SSSR count). The Morgan fingerprint density at radius 2 is 1.73 bits per heavy atom. The number of hydrogen-bond acceptors (Lipinski definition) is 6. The van der Waals surface area contributed by atoms with E-state index >= 15 is 0 Å². The molecule has 1 N–H and O–H groups in total. The van der Waals surface area contributed by atoms with Crippen LogP contribution < -0.4 is 10.1 Å². The summed E-state index contributed by atoms with van der Waals surface area (Å²) in [6, 6.07) is 14.7. The van der Waals surface area contributed by atoms with Crippen LogP contribution in [0.5, 0.6) is 11.5 Å². The Hall–Kier alpha value is -3.59. The SMILES string of the molecule is FC(F)(F)c1cccc(Nc2nnc(-c3ccc(Oc4ccnc(Cl)c4)cc3)o2)c1. The van der Waals surface area contributed by atoms with Crippen molar-refractivity contribution in [2.24, 2.45) is 0 Å². The summed E-state index contributed by atoms with van der Waals surface area (Å²) in [4.78, 5) is 3.88. The molecule has 2 aromatic heterocycles. The number of pyridine rings is 1. The highest BCUT2D eigenvalue weighted by molar-refractivity contribution is 6.29. The summed E-state index contributed by atoms with van der Waals surface area (Å²) in [7, 11) is 0. The van der Waals surface area contributed by atoms with Crippen molar-refractivity contribution >= 4 is 23.3 Å². The van der Waals surface area contributed by atoms with E-state index in [1.807, 2.05) is 0 Å². The van der Waals surface area contributed by atoms with Gasteiger partial charge in [0.15, 0.2) is 0 Å². The van der Waals surface area contributed by atoms with E-state index in [1.165, 1.54) is 18.3 Å². The summed E-state index contributed by atoms with van der Waals surface area (Å²) in [5.41, 5.74) is 0.0119. The van der Waals surface area contributed by atoms with Gasteiger partial charge in [-0.3, -0.25) is 0 Å². The molecule has 2 heterocycles. The summed E-state index contributed by atoms with van der Waals surface area (Å²) in [6.45, 7) is 0. The van der Waals surface area contributed by atoms with Crippen LogP contribution in [0.4, 0.5) is 24.9 Å². The van der Waals surface area contributed by atoms with Gasteiger partial charge in [0.05, 0.1) is 5.56 Å². The normalized spacial score (nSPS) is 11.3. The molecule has 0 spiro atoms. The highest BCUT2D eigenvalue weighted by Crippen LogP contribution is 2.32. The third-order valence-corrected chi connectivity index (χ3v) is 4.11. The summed E-state index contributed by atoms with van der Waals surface area (Å²) in [5.74, 6) is 1.29. The molecule has 0 atom stereocenters. The standard InChI is InChI=1S/C20H12ClF3N4O2/c21-17-11-16(8-9-25-17)29-15-6-4-12(5-7-15)18-27-28-19(30-18)26-14-3-1-2-13(10-14)20(22,23)24/h1-11H,(H,26,28). The van der Waals surface area contributed by atoms with Gasteiger partial charge in [-0.05, 0) is 48.5 Å². The molecule has 6 nitrogen and oxygen atoms in total. The van der Waals surface area contributed by atoms with Crippen molar-refractivity contribution in [3.8, 4) is 23.0 Å². The van der Waals surface area contributed by atoms with E-state index in [0.29, 0.717) is 22.2 Å². The lowest BCUT2D eigenvalue weighted by molar-refractivity contribution is -0.137. The number of alkyl halides is 3. The Morgan fingerprint density at radius 1 is 0.933 bits per heavy atom. The molecule has 10 heteroatoms. The molecule has 0 aliphatic rings. The molecule has 2 aromatic carbocycles. The van der Waals surface area contributed by atoms with Crippen LogP contribution in [0.1, 0.15) is 5.56 Å². The molecule has 0 fully saturated rings. The van der Waals surface area contributed by atoms with Gasteiger partial charge in [0, 0.05) is 23.5 Å². The van der Waals surface area contributed by atoms with Crippen LogP contribution in [0.25, 0.3) is 11.5 Å². The molecule has 0 bridgehead atoms. The van der Waals surface area contributed by atoms with Gasteiger partial charge in [0.2, 0.25) is 5.89 Å². The fourth-order valence-corrected chi connectivity index (χ4v) is 2.70. The molecule has 0 saturated heterocycles. The molecule has 0 unspecified atom stereocenters. The number of hydrogen-bond donors (Lipinski definition) is 1. The maximum atomic E-state index is 12.8. The molecule has 0 aliphatic heterocycles. The van der Waals surface area contributed by atoms with Gasteiger partial charge in [0.1, 0.15) is 16.7 Å². The van der Waals surface area contributed by atoms with E-state index in [9.17, 15) is 13.2 Å². The second kappa shape index (κ2) is 8.03. The van der Waals surface area contributed by atoms with E-state index in [4.69, 9.17) is 20.8 Å². The molecular weight excluding hydrogens is 421 g/mol. The summed E-state index contributed by atoms with van der Waals surface area (Å²) >= 11 is 5.83. The van der Waals surface area contributed by atoms with Crippen molar-refractivity contribution < 1.29 is 22.3 Å². The molecule has 0 radical (unpaired) electrons. The third-order valence-electron chi connectivity index (χ3n) is 3.90. The van der Waals surface area contributed by atoms with Gasteiger partial charge in [-0.15, -0.1) is 5.10 Å². The fraction of sp³-hybridized carbons (Fsp3) is 0.0500. The average molecular weight is 433 g/mol. The molecular formula is C20H12ClF3N4O2. The van der Waals surface area contributed by atoms with E-state index in [2.05, 4.69) is 20.5 Å². The summed E-state index contributed by atoms with van der Waals surface area (Å²) in [5, 5.41) is 10.7. The highest BCUT2D eigenvalue weighted by Gasteiger charge is 2.30. The minimum atomic E-state index is -4.44. The van der Waals surface area contributed by atoms with Gasteiger partial charge >= 0.3 is 12.2 Å². The van der Waals surface area contributed by atoms with Crippen molar-refractivity contribution in [2.45, 2.75) is 6.18 Å². The van der Waals surface area contributed by atoms with E-state index in [1.54, 1.807) is 36.4 Å². The zero-order valence-corrected chi connectivity index (χ0v) is 15.8. The lowest BCUT2D eigenvalue weighted by Crippen LogP contribution is -2.05. The predicted molar refractivity (Wildman–Crippen MR) is 104 cm³/mol. The first-order chi connectivity index (χ1) is 14.4. The Bertz CT molecular complexity index is 1160. The Morgan fingerprint density at radius 3 is 2.47 bits per heavy atom. The minimum absolute atomic E-state index is 0.0314. The lowest BCUT2D eigenvalue weighted by Gasteiger charge is -2.08. The largest absolute Gasteiger partial charge is 0.457 e. The summed E-state index contributed by atoms with van der Waals surface area (Å²) in [6.07, 6.45) is -2.91. The van der Waals surface area contributed by atoms with Crippen molar-refractivity contribution in [3.05, 3.63) is 77.6 Å². The van der Waals surface area contributed by atoms with Crippen molar-refractivity contribution in [2.75, 3.05) is 5.32 Å². The summed E-state index contributed by atoms with van der Waals surface area (Å²) < 4.78 is 49.6. The molecule has 0 amide bonds. The van der Waals surface area contributed by atoms with Crippen molar-refractivity contribution in [1.82, 2.24) is 15.2 Å². The van der Waals surface area contributed by atoms with Gasteiger partial charge in [-0.1, -0.05) is 22.8 Å². The second-order valence-electron chi connectivity index (χ2n) is 6.06. The number of nitrogens with zero attached hydrogens (tertiary/aromatic N) is 3. The number of ether oxygens (including phenoxy) is 1. The first-order valence-electron chi connectivity index (χ1n) is 8.54. The minimum Gasteiger partial charge on any atom is -0.457 e. The first kappa shape index (κ1) is 19.7. The van der Waals surface area contributed by atoms with Crippen LogP contribution in [-0.2, 0) is 6.18 Å². The molecule has 4 aromatic rings. The first-order valence-corrected chi connectivity index (χ1v) is 8.92. The molecule has 0 saturated carbocycles. The van der Waals surface area contributed by atoms with E-state index in [-0.39, 0.29) is 17.6 Å². The third kappa shape index (κ3) is 4.69. The van der Waals surface area contributed by atoms with Crippen LogP contribution in [0.2, 0.25) is 5.15 Å². The van der Waals surface area contributed by atoms with Crippen LogP contribution in [0.15, 0.2) is 71.3 Å². The van der Waals surface area contributed by atoms with Crippen LogP contribution >= 0.6 is 11.6 Å². The zero-order valence-electron chi connectivity index (χ0n) is 15.0. The smallest absolute Gasteiger partial charge is 0.416 e. The van der Waals surface area contributed by atoms with Crippen molar-refractivity contribution in [3.63, 3.8) is 0 Å². The predicted octanol–water partition coefficient (Wildman–Crippen LogP) is 6.34.